The summed E-state index contributed by atoms with van der Waals surface area (Å²) in [6.07, 6.45) is 4.74. The minimum atomic E-state index is -3.82. The number of aryl methyl sites for hydroxylation is 1. The topological polar surface area (TPSA) is 95.6 Å². The minimum Gasteiger partial charge on any atom is -0.354 e. The average Bonchev–Trinajstić information content (AvgIpc) is 2.72. The zero-order chi connectivity index (χ0) is 23.0. The molecule has 1 aromatic rings. The maximum absolute atomic E-state index is 12.8. The molecule has 0 saturated carbocycles. The fourth-order valence-electron chi connectivity index (χ4n) is 3.97. The van der Waals surface area contributed by atoms with Gasteiger partial charge in [0, 0.05) is 25.6 Å². The molecule has 0 aromatic heterocycles. The Morgan fingerprint density at radius 1 is 1.16 bits per heavy atom. The molecule has 1 fully saturated rings. The Labute approximate surface area is 187 Å². The van der Waals surface area contributed by atoms with Gasteiger partial charge in [-0.1, -0.05) is 38.5 Å². The molecule has 0 aliphatic carbocycles. The van der Waals surface area contributed by atoms with Crippen LogP contribution in [0.2, 0.25) is 0 Å². The lowest BCUT2D eigenvalue weighted by atomic mass is 9.99. The summed E-state index contributed by atoms with van der Waals surface area (Å²) >= 11 is 0. The first-order chi connectivity index (χ1) is 14.6. The van der Waals surface area contributed by atoms with E-state index in [2.05, 4.69) is 17.0 Å². The number of rotatable bonds is 10. The smallest absolute Gasteiger partial charge is 0.241 e. The summed E-state index contributed by atoms with van der Waals surface area (Å²) in [7, 11) is -3.82. The van der Waals surface area contributed by atoms with Crippen LogP contribution in [-0.4, -0.2) is 50.3 Å². The lowest BCUT2D eigenvalue weighted by molar-refractivity contribution is -0.135. The Balaban J connectivity index is 1.96. The number of hydrogen-bond donors (Lipinski definition) is 2. The first kappa shape index (κ1) is 25.3. The van der Waals surface area contributed by atoms with Crippen LogP contribution in [0.15, 0.2) is 29.2 Å². The van der Waals surface area contributed by atoms with E-state index in [-0.39, 0.29) is 35.7 Å². The van der Waals surface area contributed by atoms with Crippen molar-refractivity contribution in [2.75, 3.05) is 13.1 Å². The molecule has 2 rings (SSSR count). The van der Waals surface area contributed by atoms with Gasteiger partial charge in [0.15, 0.2) is 0 Å². The Morgan fingerprint density at radius 2 is 1.84 bits per heavy atom. The lowest BCUT2D eigenvalue weighted by Gasteiger charge is -2.35. The normalized spacial score (nSPS) is 18.1. The first-order valence-electron chi connectivity index (χ1n) is 11.3. The van der Waals surface area contributed by atoms with E-state index in [9.17, 15) is 18.0 Å². The fourth-order valence-corrected chi connectivity index (χ4v) is 5.17. The third-order valence-electron chi connectivity index (χ3n) is 5.71. The molecule has 1 aliphatic heterocycles. The number of piperidine rings is 1. The third kappa shape index (κ3) is 7.61. The number of carbonyl (C=O) groups is 2. The van der Waals surface area contributed by atoms with Crippen molar-refractivity contribution in [2.45, 2.75) is 83.2 Å². The molecule has 1 aromatic carbocycles. The molecule has 0 unspecified atom stereocenters. The number of benzene rings is 1. The van der Waals surface area contributed by atoms with Gasteiger partial charge >= 0.3 is 0 Å². The Kier molecular flexibility index (Phi) is 9.50. The molecule has 2 amide bonds. The largest absolute Gasteiger partial charge is 0.354 e. The second kappa shape index (κ2) is 11.6. The summed E-state index contributed by atoms with van der Waals surface area (Å²) in [5.74, 6) is -0.230. The zero-order valence-electron chi connectivity index (χ0n) is 19.2. The average molecular weight is 452 g/mol. The first-order valence-corrected chi connectivity index (χ1v) is 12.8. The van der Waals surface area contributed by atoms with Gasteiger partial charge in [0.05, 0.1) is 4.90 Å². The van der Waals surface area contributed by atoms with Gasteiger partial charge in [-0.2, -0.15) is 4.72 Å². The van der Waals surface area contributed by atoms with Crippen LogP contribution < -0.4 is 10.0 Å². The number of hydrogen-bond acceptors (Lipinski definition) is 4. The van der Waals surface area contributed by atoms with Crippen molar-refractivity contribution in [1.82, 2.24) is 14.9 Å². The summed E-state index contributed by atoms with van der Waals surface area (Å²) in [5.41, 5.74) is 0.958. The molecular weight excluding hydrogens is 414 g/mol. The molecule has 0 radical (unpaired) electrons. The highest BCUT2D eigenvalue weighted by molar-refractivity contribution is 7.89. The van der Waals surface area contributed by atoms with Crippen molar-refractivity contribution >= 4 is 21.8 Å². The van der Waals surface area contributed by atoms with Crippen molar-refractivity contribution in [2.24, 2.45) is 5.92 Å². The van der Waals surface area contributed by atoms with Crippen LogP contribution >= 0.6 is 0 Å². The second-order valence-corrected chi connectivity index (χ2v) is 10.5. The van der Waals surface area contributed by atoms with Crippen LogP contribution in [0.25, 0.3) is 0 Å². The molecule has 2 N–H and O–H groups in total. The molecule has 0 spiro atoms. The van der Waals surface area contributed by atoms with Crippen LogP contribution in [0.1, 0.15) is 64.9 Å². The van der Waals surface area contributed by atoms with Gasteiger partial charge in [0.25, 0.3) is 0 Å². The third-order valence-corrected chi connectivity index (χ3v) is 7.20. The number of nitrogens with zero attached hydrogens (tertiary/aromatic N) is 1. The fraction of sp³-hybridized carbons (Fsp3) is 0.652. The number of amides is 2. The SMILES string of the molecule is CC[C@@H]1CCCCN1C(=O)CCNC(=O)[C@H](CC(C)C)NS(=O)(=O)c1ccc(C)cc1. The highest BCUT2D eigenvalue weighted by atomic mass is 32.2. The molecule has 7 nitrogen and oxygen atoms in total. The van der Waals surface area contributed by atoms with Gasteiger partial charge in [-0.3, -0.25) is 9.59 Å². The summed E-state index contributed by atoms with van der Waals surface area (Å²) in [4.78, 5) is 27.4. The molecule has 1 aliphatic rings. The van der Waals surface area contributed by atoms with Crippen molar-refractivity contribution < 1.29 is 18.0 Å². The van der Waals surface area contributed by atoms with E-state index >= 15 is 0 Å². The van der Waals surface area contributed by atoms with Crippen molar-refractivity contribution in [3.8, 4) is 0 Å². The minimum absolute atomic E-state index is 0.0486. The molecule has 31 heavy (non-hydrogen) atoms. The molecule has 0 bridgehead atoms. The summed E-state index contributed by atoms with van der Waals surface area (Å²) < 4.78 is 28.0. The molecule has 1 saturated heterocycles. The Hall–Kier alpha value is -1.93. The molecular formula is C23H37N3O4S. The quantitative estimate of drug-likeness (QED) is 0.572. The lowest BCUT2D eigenvalue weighted by Crippen LogP contribution is -2.48. The van der Waals surface area contributed by atoms with Crippen LogP contribution in [0.3, 0.4) is 0 Å². The van der Waals surface area contributed by atoms with Crippen LogP contribution in [0.5, 0.6) is 0 Å². The zero-order valence-corrected chi connectivity index (χ0v) is 20.0. The van der Waals surface area contributed by atoms with Crippen LogP contribution in [-0.2, 0) is 19.6 Å². The predicted molar refractivity (Wildman–Crippen MR) is 122 cm³/mol. The monoisotopic (exact) mass is 451 g/mol. The Bertz CT molecular complexity index is 837. The molecule has 2 atom stereocenters. The van der Waals surface area contributed by atoms with Crippen molar-refractivity contribution in [1.29, 1.82) is 0 Å². The summed E-state index contributed by atoms with van der Waals surface area (Å²) in [6, 6.07) is 5.91. The highest BCUT2D eigenvalue weighted by Gasteiger charge is 2.28. The van der Waals surface area contributed by atoms with E-state index in [1.165, 1.54) is 12.1 Å². The maximum Gasteiger partial charge on any atom is 0.241 e. The van der Waals surface area contributed by atoms with E-state index in [1.807, 2.05) is 25.7 Å². The maximum atomic E-state index is 12.8. The van der Waals surface area contributed by atoms with E-state index in [4.69, 9.17) is 0 Å². The number of likely N-dealkylation sites (tertiary alicyclic amines) is 1. The molecule has 8 heteroatoms. The van der Waals surface area contributed by atoms with Gasteiger partial charge in [0.2, 0.25) is 21.8 Å². The summed E-state index contributed by atoms with van der Waals surface area (Å²) in [5, 5.41) is 2.76. The van der Waals surface area contributed by atoms with Gasteiger partial charge in [-0.25, -0.2) is 8.42 Å². The van der Waals surface area contributed by atoms with Gasteiger partial charge in [0.1, 0.15) is 6.04 Å². The van der Waals surface area contributed by atoms with Gasteiger partial charge in [-0.15, -0.1) is 0 Å². The number of carbonyl (C=O) groups excluding carboxylic acids is 2. The summed E-state index contributed by atoms with van der Waals surface area (Å²) in [6.45, 7) is 8.82. The molecule has 174 valence electrons. The van der Waals surface area contributed by atoms with E-state index in [0.717, 1.165) is 37.8 Å². The predicted octanol–water partition coefficient (Wildman–Crippen LogP) is 2.99. The van der Waals surface area contributed by atoms with Crippen molar-refractivity contribution in [3.63, 3.8) is 0 Å². The standard InChI is InChI=1S/C23H37N3O4S/c1-5-19-8-6-7-15-26(19)22(27)13-14-24-23(28)21(16-17(2)3)25-31(29,30)20-11-9-18(4)10-12-20/h9-12,17,19,21,25H,5-8,13-16H2,1-4H3,(H,24,28)/t19-,21+/m1/s1. The number of sulfonamides is 1. The van der Waals surface area contributed by atoms with E-state index < -0.39 is 22.0 Å². The number of nitrogens with one attached hydrogen (secondary N) is 2. The van der Waals surface area contributed by atoms with E-state index in [1.54, 1.807) is 12.1 Å². The second-order valence-electron chi connectivity index (χ2n) is 8.80. The van der Waals surface area contributed by atoms with E-state index in [0.29, 0.717) is 6.42 Å². The van der Waals surface area contributed by atoms with Crippen LogP contribution in [0.4, 0.5) is 0 Å². The van der Waals surface area contributed by atoms with Crippen LogP contribution in [0, 0.1) is 12.8 Å². The van der Waals surface area contributed by atoms with Gasteiger partial charge < -0.3 is 10.2 Å². The highest BCUT2D eigenvalue weighted by Crippen LogP contribution is 2.20. The van der Waals surface area contributed by atoms with Crippen molar-refractivity contribution in [3.05, 3.63) is 29.8 Å². The van der Waals surface area contributed by atoms with Gasteiger partial charge in [-0.05, 0) is 57.1 Å². The Morgan fingerprint density at radius 3 is 2.45 bits per heavy atom. The molecule has 1 heterocycles.